The lowest BCUT2D eigenvalue weighted by Crippen LogP contribution is -2.47. The van der Waals surface area contributed by atoms with Crippen LogP contribution in [0.2, 0.25) is 0 Å². The Morgan fingerprint density at radius 2 is 2.40 bits per heavy atom. The van der Waals surface area contributed by atoms with Crippen LogP contribution in [0.4, 0.5) is 0 Å². The largest absolute Gasteiger partial charge is 0.370 e. The average molecular weight is 359 g/mol. The van der Waals surface area contributed by atoms with E-state index >= 15 is 0 Å². The van der Waals surface area contributed by atoms with Crippen LogP contribution >= 0.6 is 11.3 Å². The summed E-state index contributed by atoms with van der Waals surface area (Å²) in [6.07, 6.45) is 7.94. The number of thiazole rings is 1. The van der Waals surface area contributed by atoms with Crippen LogP contribution in [-0.2, 0) is 18.3 Å². The van der Waals surface area contributed by atoms with Crippen molar-refractivity contribution in [2.24, 2.45) is 12.0 Å². The number of aromatic nitrogens is 4. The molecule has 0 amide bonds. The van der Waals surface area contributed by atoms with Crippen LogP contribution in [-0.4, -0.2) is 56.8 Å². The molecule has 8 nitrogen and oxygen atoms in total. The van der Waals surface area contributed by atoms with Gasteiger partial charge in [0, 0.05) is 50.2 Å². The predicted molar refractivity (Wildman–Crippen MR) is 96.7 cm³/mol. The van der Waals surface area contributed by atoms with Crippen LogP contribution < -0.4 is 5.32 Å². The number of nitrogens with zero attached hydrogens (tertiary/aromatic N) is 6. The fourth-order valence-corrected chi connectivity index (χ4v) is 3.73. The maximum absolute atomic E-state index is 5.90. The first-order valence-corrected chi connectivity index (χ1v) is 9.07. The quantitative estimate of drug-likeness (QED) is 0.563. The van der Waals surface area contributed by atoms with Gasteiger partial charge in [0.15, 0.2) is 10.9 Å². The molecule has 4 rings (SSSR count). The highest BCUT2D eigenvalue weighted by atomic mass is 32.1. The fraction of sp³-hybridized carbons (Fsp3) is 0.438. The third-order valence-corrected chi connectivity index (χ3v) is 5.02. The van der Waals surface area contributed by atoms with Crippen molar-refractivity contribution in [3.63, 3.8) is 0 Å². The van der Waals surface area contributed by atoms with Crippen molar-refractivity contribution in [3.8, 4) is 0 Å². The van der Waals surface area contributed by atoms with Crippen molar-refractivity contribution < 1.29 is 4.74 Å². The molecule has 4 heterocycles. The molecule has 1 unspecified atom stereocenters. The number of rotatable bonds is 3. The number of imidazole rings is 1. The molecule has 1 aliphatic heterocycles. The zero-order valence-electron chi connectivity index (χ0n) is 14.3. The van der Waals surface area contributed by atoms with Gasteiger partial charge in [-0.15, -0.1) is 11.3 Å². The molecule has 3 aromatic heterocycles. The lowest BCUT2D eigenvalue weighted by atomic mass is 10.1. The lowest BCUT2D eigenvalue weighted by Gasteiger charge is -2.34. The second-order valence-electron chi connectivity index (χ2n) is 5.98. The molecule has 3 aromatic rings. The van der Waals surface area contributed by atoms with Crippen LogP contribution in [0.15, 0.2) is 35.2 Å². The third kappa shape index (κ3) is 3.38. The first-order valence-electron chi connectivity index (χ1n) is 8.20. The topological polar surface area (TPSA) is 72.0 Å². The highest BCUT2D eigenvalue weighted by molar-refractivity contribution is 7.15. The Morgan fingerprint density at radius 1 is 1.48 bits per heavy atom. The van der Waals surface area contributed by atoms with E-state index in [-0.39, 0.29) is 6.10 Å². The summed E-state index contributed by atoms with van der Waals surface area (Å²) in [4.78, 5) is 12.3. The van der Waals surface area contributed by atoms with Crippen LogP contribution in [0.25, 0.3) is 4.96 Å². The van der Waals surface area contributed by atoms with Crippen molar-refractivity contribution in [3.05, 3.63) is 41.4 Å². The minimum Gasteiger partial charge on any atom is -0.370 e. The number of guanidine groups is 1. The third-order valence-electron chi connectivity index (χ3n) is 4.25. The van der Waals surface area contributed by atoms with Gasteiger partial charge in [0.05, 0.1) is 31.6 Å². The summed E-state index contributed by atoms with van der Waals surface area (Å²) in [5, 5.41) is 9.68. The van der Waals surface area contributed by atoms with Crippen LogP contribution in [0.3, 0.4) is 0 Å². The van der Waals surface area contributed by atoms with Gasteiger partial charge in [0.2, 0.25) is 0 Å². The van der Waals surface area contributed by atoms with Gasteiger partial charge < -0.3 is 15.0 Å². The van der Waals surface area contributed by atoms with Crippen molar-refractivity contribution in [2.45, 2.75) is 12.6 Å². The summed E-state index contributed by atoms with van der Waals surface area (Å²) in [7, 11) is 3.73. The average Bonchev–Trinajstić information content (AvgIpc) is 3.32. The van der Waals surface area contributed by atoms with Gasteiger partial charge in [0.1, 0.15) is 6.10 Å². The fourth-order valence-electron chi connectivity index (χ4n) is 3.01. The molecule has 1 N–H and O–H groups in total. The lowest BCUT2D eigenvalue weighted by molar-refractivity contribution is -0.00805. The predicted octanol–water partition coefficient (Wildman–Crippen LogP) is 1.28. The zero-order chi connectivity index (χ0) is 17.2. The number of hydrogen-bond acceptors (Lipinski definition) is 5. The van der Waals surface area contributed by atoms with Crippen molar-refractivity contribution >= 4 is 22.3 Å². The first-order chi connectivity index (χ1) is 12.2. The first kappa shape index (κ1) is 16.1. The molecule has 25 heavy (non-hydrogen) atoms. The zero-order valence-corrected chi connectivity index (χ0v) is 15.1. The molecule has 0 aromatic carbocycles. The summed E-state index contributed by atoms with van der Waals surface area (Å²) < 4.78 is 9.74. The Morgan fingerprint density at radius 3 is 3.16 bits per heavy atom. The summed E-state index contributed by atoms with van der Waals surface area (Å²) in [5.41, 5.74) is 2.10. The van der Waals surface area contributed by atoms with Crippen molar-refractivity contribution in [2.75, 3.05) is 26.7 Å². The molecular formula is C16H21N7OS. The normalized spacial score (nSPS) is 18.9. The van der Waals surface area contributed by atoms with E-state index in [2.05, 4.69) is 25.3 Å². The van der Waals surface area contributed by atoms with Gasteiger partial charge in [-0.1, -0.05) is 0 Å². The van der Waals surface area contributed by atoms with E-state index in [4.69, 9.17) is 4.74 Å². The molecule has 9 heteroatoms. The minimum absolute atomic E-state index is 0.0129. The molecule has 1 fully saturated rings. The summed E-state index contributed by atoms with van der Waals surface area (Å²) in [5.74, 6) is 0.869. The molecule has 1 saturated heterocycles. The Kier molecular flexibility index (Phi) is 4.41. The van der Waals surface area contributed by atoms with Crippen LogP contribution in [0, 0.1) is 0 Å². The standard InChI is InChI=1S/C16H21N7OS/c1-17-15(18-8-13-10-23-4-6-25-16(23)20-13)22-3-5-24-14(11-22)12-7-19-21(2)9-12/h4,6-7,9-10,14H,3,5,8,11H2,1-2H3,(H,17,18). The van der Waals surface area contributed by atoms with E-state index in [0.29, 0.717) is 13.2 Å². The van der Waals surface area contributed by atoms with Crippen LogP contribution in [0.5, 0.6) is 0 Å². The second kappa shape index (κ2) is 6.85. The SMILES string of the molecule is CN=C(NCc1cn2ccsc2n1)N1CCOC(c2cnn(C)c2)C1. The smallest absolute Gasteiger partial charge is 0.194 e. The van der Waals surface area contributed by atoms with E-state index < -0.39 is 0 Å². The number of nitrogens with one attached hydrogen (secondary N) is 1. The highest BCUT2D eigenvalue weighted by Gasteiger charge is 2.25. The van der Waals surface area contributed by atoms with Gasteiger partial charge in [-0.25, -0.2) is 4.98 Å². The molecule has 0 spiro atoms. The maximum atomic E-state index is 5.90. The van der Waals surface area contributed by atoms with Crippen LogP contribution in [0.1, 0.15) is 17.4 Å². The van der Waals surface area contributed by atoms with Crippen molar-refractivity contribution in [1.29, 1.82) is 0 Å². The Bertz CT molecular complexity index is 851. The molecule has 1 aliphatic rings. The van der Waals surface area contributed by atoms with Gasteiger partial charge in [-0.05, 0) is 0 Å². The Balaban J connectivity index is 1.40. The molecule has 1 atom stereocenters. The van der Waals surface area contributed by atoms with E-state index in [1.54, 1.807) is 16.0 Å². The summed E-state index contributed by atoms with van der Waals surface area (Å²) in [6, 6.07) is 0. The Labute approximate surface area is 149 Å². The Hall–Kier alpha value is -2.39. The summed E-state index contributed by atoms with van der Waals surface area (Å²) in [6.45, 7) is 2.88. The molecule has 0 aliphatic carbocycles. The number of aliphatic imine (C=N–C) groups is 1. The summed E-state index contributed by atoms with van der Waals surface area (Å²) >= 11 is 1.64. The maximum Gasteiger partial charge on any atom is 0.194 e. The van der Waals surface area contributed by atoms with E-state index in [1.807, 2.05) is 48.7 Å². The van der Waals surface area contributed by atoms with Gasteiger partial charge in [0.25, 0.3) is 0 Å². The monoisotopic (exact) mass is 359 g/mol. The van der Waals surface area contributed by atoms with E-state index in [1.165, 1.54) is 0 Å². The van der Waals surface area contributed by atoms with E-state index in [0.717, 1.165) is 35.3 Å². The molecular weight excluding hydrogens is 338 g/mol. The van der Waals surface area contributed by atoms with Gasteiger partial charge >= 0.3 is 0 Å². The number of hydrogen-bond donors (Lipinski definition) is 1. The van der Waals surface area contributed by atoms with Gasteiger partial charge in [-0.2, -0.15) is 5.10 Å². The molecule has 0 bridgehead atoms. The molecule has 0 radical (unpaired) electrons. The minimum atomic E-state index is 0.0129. The molecule has 0 saturated carbocycles. The van der Waals surface area contributed by atoms with Gasteiger partial charge in [-0.3, -0.25) is 14.1 Å². The number of ether oxygens (including phenoxy) is 1. The molecule has 132 valence electrons. The number of morpholine rings is 1. The van der Waals surface area contributed by atoms with E-state index in [9.17, 15) is 0 Å². The van der Waals surface area contributed by atoms with Crippen molar-refractivity contribution in [1.82, 2.24) is 29.4 Å². The highest BCUT2D eigenvalue weighted by Crippen LogP contribution is 2.21. The second-order valence-corrected chi connectivity index (χ2v) is 6.85. The number of fused-ring (bicyclic) bond motifs is 1. The number of aryl methyl sites for hydroxylation is 1.